The molecule has 2 heterocycles. The highest BCUT2D eigenvalue weighted by Crippen LogP contribution is 2.29. The van der Waals surface area contributed by atoms with Crippen molar-refractivity contribution in [2.45, 2.75) is 26.8 Å². The number of benzene rings is 1. The van der Waals surface area contributed by atoms with Crippen LogP contribution in [0.3, 0.4) is 0 Å². The van der Waals surface area contributed by atoms with E-state index in [1.807, 2.05) is 26.8 Å². The van der Waals surface area contributed by atoms with Crippen LogP contribution in [0.1, 0.15) is 47.3 Å². The molecule has 2 N–H and O–H groups in total. The van der Waals surface area contributed by atoms with Crippen molar-refractivity contribution in [3.05, 3.63) is 93.2 Å². The normalized spacial score (nSPS) is 12.8. The summed E-state index contributed by atoms with van der Waals surface area (Å²) in [6.07, 6.45) is 4.85. The fraction of sp³-hybridized carbons (Fsp3) is 0.167. The number of hydrogen-bond donors (Lipinski definition) is 2. The number of anilines is 1. The van der Waals surface area contributed by atoms with E-state index in [-0.39, 0.29) is 22.0 Å². The topological polar surface area (TPSA) is 105 Å². The lowest BCUT2D eigenvalue weighted by atomic mass is 10.0. The Bertz CT molecular complexity index is 1320. The van der Waals surface area contributed by atoms with Crippen molar-refractivity contribution < 1.29 is 14.3 Å². The Morgan fingerprint density at radius 3 is 2.75 bits per heavy atom. The predicted octanol–water partition coefficient (Wildman–Crippen LogP) is 5.53. The second-order valence-corrected chi connectivity index (χ2v) is 7.50. The van der Waals surface area contributed by atoms with Gasteiger partial charge in [-0.3, -0.25) is 9.79 Å². The quantitative estimate of drug-likeness (QED) is 0.361. The van der Waals surface area contributed by atoms with Crippen LogP contribution < -0.4 is 10.7 Å². The van der Waals surface area contributed by atoms with Crippen LogP contribution in [0.5, 0.6) is 0 Å². The van der Waals surface area contributed by atoms with Gasteiger partial charge in [-0.25, -0.2) is 9.78 Å². The Labute approximate surface area is 189 Å². The van der Waals surface area contributed by atoms with E-state index in [1.165, 1.54) is 18.2 Å². The number of carboxylic acids is 1. The number of carbonyl (C=O) groups is 1. The molecule has 0 aliphatic heterocycles. The SMILES string of the molecule is C=CC(=N/C=C\C)c1cc(=O)c2cc(C)cc(C(C)Nc3ccc(Cl)nc3C(=O)O)c2o1. The van der Waals surface area contributed by atoms with Crippen molar-refractivity contribution in [2.24, 2.45) is 4.99 Å². The molecule has 0 aliphatic rings. The lowest BCUT2D eigenvalue weighted by Crippen LogP contribution is -2.14. The largest absolute Gasteiger partial charge is 0.476 e. The summed E-state index contributed by atoms with van der Waals surface area (Å²) in [5.41, 5.74) is 2.23. The van der Waals surface area contributed by atoms with E-state index < -0.39 is 12.0 Å². The summed E-state index contributed by atoms with van der Waals surface area (Å²) in [5, 5.41) is 13.1. The third-order valence-electron chi connectivity index (χ3n) is 4.71. The number of allylic oxidation sites excluding steroid dienone is 2. The number of aliphatic imine (C=N–C) groups is 1. The molecule has 0 bridgehead atoms. The summed E-state index contributed by atoms with van der Waals surface area (Å²) in [5.74, 6) is -0.923. The lowest BCUT2D eigenvalue weighted by Gasteiger charge is -2.19. The van der Waals surface area contributed by atoms with Crippen molar-refractivity contribution >= 4 is 39.9 Å². The second kappa shape index (κ2) is 9.62. The van der Waals surface area contributed by atoms with Crippen LogP contribution in [-0.4, -0.2) is 21.8 Å². The van der Waals surface area contributed by atoms with Gasteiger partial charge in [0.2, 0.25) is 0 Å². The number of carboxylic acid groups (broad SMARTS) is 1. The van der Waals surface area contributed by atoms with E-state index >= 15 is 0 Å². The zero-order valence-corrected chi connectivity index (χ0v) is 18.6. The zero-order valence-electron chi connectivity index (χ0n) is 17.8. The van der Waals surface area contributed by atoms with Crippen LogP contribution in [0.2, 0.25) is 5.15 Å². The van der Waals surface area contributed by atoms with Crippen molar-refractivity contribution in [3.63, 3.8) is 0 Å². The minimum atomic E-state index is -1.21. The fourth-order valence-electron chi connectivity index (χ4n) is 3.28. The van der Waals surface area contributed by atoms with Crippen molar-refractivity contribution in [1.29, 1.82) is 0 Å². The highest BCUT2D eigenvalue weighted by Gasteiger charge is 2.19. The minimum absolute atomic E-state index is 0.0783. The summed E-state index contributed by atoms with van der Waals surface area (Å²) in [4.78, 5) is 32.6. The van der Waals surface area contributed by atoms with Gasteiger partial charge in [0, 0.05) is 17.8 Å². The average Bonchev–Trinajstić information content (AvgIpc) is 2.75. The van der Waals surface area contributed by atoms with E-state index in [0.29, 0.717) is 27.9 Å². The number of pyridine rings is 1. The minimum Gasteiger partial charge on any atom is -0.476 e. The van der Waals surface area contributed by atoms with E-state index in [1.54, 1.807) is 24.4 Å². The molecule has 8 heteroatoms. The molecule has 0 radical (unpaired) electrons. The van der Waals surface area contributed by atoms with Crippen LogP contribution in [0.15, 0.2) is 69.5 Å². The van der Waals surface area contributed by atoms with Crippen LogP contribution in [-0.2, 0) is 0 Å². The third kappa shape index (κ3) is 4.78. The summed E-state index contributed by atoms with van der Waals surface area (Å²) in [6, 6.07) is 7.66. The first kappa shape index (κ1) is 23.0. The highest BCUT2D eigenvalue weighted by atomic mass is 35.5. The van der Waals surface area contributed by atoms with Gasteiger partial charge in [0.1, 0.15) is 16.4 Å². The maximum absolute atomic E-state index is 12.9. The number of aromatic nitrogens is 1. The van der Waals surface area contributed by atoms with Gasteiger partial charge >= 0.3 is 5.97 Å². The van der Waals surface area contributed by atoms with Gasteiger partial charge in [-0.1, -0.05) is 30.3 Å². The molecule has 1 unspecified atom stereocenters. The summed E-state index contributed by atoms with van der Waals surface area (Å²) in [6.45, 7) is 9.28. The number of nitrogens with zero attached hydrogens (tertiary/aromatic N) is 2. The maximum atomic E-state index is 12.9. The third-order valence-corrected chi connectivity index (χ3v) is 4.92. The second-order valence-electron chi connectivity index (χ2n) is 7.11. The molecule has 0 amide bonds. The highest BCUT2D eigenvalue weighted by molar-refractivity contribution is 6.29. The first-order valence-corrected chi connectivity index (χ1v) is 10.2. The van der Waals surface area contributed by atoms with Crippen LogP contribution in [0.25, 0.3) is 11.0 Å². The number of aromatic carboxylic acids is 1. The van der Waals surface area contributed by atoms with Gasteiger partial charge in [-0.15, -0.1) is 0 Å². The Morgan fingerprint density at radius 1 is 1.34 bits per heavy atom. The molecule has 0 spiro atoms. The van der Waals surface area contributed by atoms with Crippen molar-refractivity contribution in [3.8, 4) is 0 Å². The molecule has 32 heavy (non-hydrogen) atoms. The van der Waals surface area contributed by atoms with E-state index in [0.717, 1.165) is 5.56 Å². The van der Waals surface area contributed by atoms with Crippen molar-refractivity contribution in [2.75, 3.05) is 5.32 Å². The number of rotatable bonds is 7. The monoisotopic (exact) mass is 451 g/mol. The number of halogens is 1. The van der Waals surface area contributed by atoms with Gasteiger partial charge in [0.25, 0.3) is 0 Å². The van der Waals surface area contributed by atoms with Gasteiger partial charge in [-0.2, -0.15) is 0 Å². The number of nitrogens with one attached hydrogen (secondary N) is 1. The molecule has 1 atom stereocenters. The average molecular weight is 452 g/mol. The van der Waals surface area contributed by atoms with Gasteiger partial charge in [0.05, 0.1) is 17.1 Å². The van der Waals surface area contributed by atoms with Crippen LogP contribution >= 0.6 is 11.6 Å². The van der Waals surface area contributed by atoms with E-state index in [2.05, 4.69) is 21.9 Å². The summed E-state index contributed by atoms with van der Waals surface area (Å²) < 4.78 is 6.11. The molecule has 3 rings (SSSR count). The van der Waals surface area contributed by atoms with E-state index in [4.69, 9.17) is 16.0 Å². The number of fused-ring (bicyclic) bond motifs is 1. The zero-order chi connectivity index (χ0) is 23.4. The van der Waals surface area contributed by atoms with Crippen molar-refractivity contribution in [1.82, 2.24) is 4.98 Å². The first-order valence-electron chi connectivity index (χ1n) is 9.81. The lowest BCUT2D eigenvalue weighted by molar-refractivity contribution is 0.0691. The molecule has 164 valence electrons. The predicted molar refractivity (Wildman–Crippen MR) is 127 cm³/mol. The molecule has 0 saturated heterocycles. The molecular formula is C24H22ClN3O4. The Kier molecular flexibility index (Phi) is 6.90. The fourth-order valence-corrected chi connectivity index (χ4v) is 3.43. The van der Waals surface area contributed by atoms with Gasteiger partial charge in [0.15, 0.2) is 16.9 Å². The maximum Gasteiger partial charge on any atom is 0.356 e. The Balaban J connectivity index is 2.17. The van der Waals surface area contributed by atoms with Gasteiger partial charge in [-0.05, 0) is 50.6 Å². The van der Waals surface area contributed by atoms with Crippen LogP contribution in [0, 0.1) is 6.92 Å². The molecule has 0 fully saturated rings. The summed E-state index contributed by atoms with van der Waals surface area (Å²) in [7, 11) is 0. The Morgan fingerprint density at radius 2 is 2.09 bits per heavy atom. The standard InChI is InChI=1S/C24H22ClN3O4/c1-5-9-26-17(6-2)20-12-19(29)16-11-13(3)10-15(23(16)32-20)14(4)27-18-7-8-21(25)28-22(18)24(30)31/h5-12,14,27H,2H2,1,3-4H3,(H,30,31)/b9-5-,26-17?. The molecule has 0 aliphatic carbocycles. The molecule has 1 aromatic carbocycles. The molecule has 0 saturated carbocycles. The number of aryl methyl sites for hydroxylation is 1. The summed E-state index contributed by atoms with van der Waals surface area (Å²) >= 11 is 5.85. The first-order chi connectivity index (χ1) is 15.2. The molecule has 3 aromatic rings. The number of hydrogen-bond acceptors (Lipinski definition) is 6. The molecule has 2 aromatic heterocycles. The Hall–Kier alpha value is -3.71. The van der Waals surface area contributed by atoms with Crippen LogP contribution in [0.4, 0.5) is 5.69 Å². The van der Waals surface area contributed by atoms with E-state index in [9.17, 15) is 14.7 Å². The molecular weight excluding hydrogens is 430 g/mol. The van der Waals surface area contributed by atoms with Gasteiger partial charge < -0.3 is 14.8 Å². The smallest absolute Gasteiger partial charge is 0.356 e. The molecule has 7 nitrogen and oxygen atoms in total.